The molecule has 0 saturated heterocycles. The normalized spacial score (nSPS) is 15.9. The van der Waals surface area contributed by atoms with Crippen molar-refractivity contribution in [1.82, 2.24) is 0 Å². The van der Waals surface area contributed by atoms with E-state index in [4.69, 9.17) is 4.74 Å². The van der Waals surface area contributed by atoms with Crippen molar-refractivity contribution in [1.29, 1.82) is 0 Å². The standard InChI is InChI=1S/C15H21BrO3/c1-5-15(18,11-6-8-12(16)9-7-11)13(10(2)3)14(17)19-4/h6-10,13,18H,5H2,1-4H3. The minimum Gasteiger partial charge on any atom is -0.469 e. The Morgan fingerprint density at radius 3 is 2.26 bits per heavy atom. The van der Waals surface area contributed by atoms with Crippen LogP contribution in [0.1, 0.15) is 32.8 Å². The number of benzene rings is 1. The Morgan fingerprint density at radius 1 is 1.37 bits per heavy atom. The second-order valence-corrected chi connectivity index (χ2v) is 5.95. The van der Waals surface area contributed by atoms with Crippen molar-refractivity contribution in [2.24, 2.45) is 11.8 Å². The van der Waals surface area contributed by atoms with Gasteiger partial charge in [0.25, 0.3) is 0 Å². The average molecular weight is 329 g/mol. The largest absolute Gasteiger partial charge is 0.469 e. The first-order valence-corrected chi connectivity index (χ1v) is 7.22. The van der Waals surface area contributed by atoms with Crippen molar-refractivity contribution in [3.05, 3.63) is 34.3 Å². The van der Waals surface area contributed by atoms with Gasteiger partial charge in [0, 0.05) is 4.47 Å². The summed E-state index contributed by atoms with van der Waals surface area (Å²) in [6, 6.07) is 7.41. The molecule has 1 aromatic carbocycles. The molecule has 0 aliphatic rings. The van der Waals surface area contributed by atoms with Crippen LogP contribution >= 0.6 is 15.9 Å². The molecule has 0 amide bonds. The highest BCUT2D eigenvalue weighted by Gasteiger charge is 2.44. The summed E-state index contributed by atoms with van der Waals surface area (Å²) in [6.45, 7) is 5.71. The van der Waals surface area contributed by atoms with Gasteiger partial charge in [-0.25, -0.2) is 0 Å². The Kier molecular flexibility index (Phi) is 5.56. The van der Waals surface area contributed by atoms with Crippen molar-refractivity contribution in [3.8, 4) is 0 Å². The van der Waals surface area contributed by atoms with Gasteiger partial charge < -0.3 is 9.84 Å². The van der Waals surface area contributed by atoms with Gasteiger partial charge in [0.2, 0.25) is 0 Å². The van der Waals surface area contributed by atoms with E-state index in [1.165, 1.54) is 7.11 Å². The topological polar surface area (TPSA) is 46.5 Å². The molecule has 0 aromatic heterocycles. The van der Waals surface area contributed by atoms with Gasteiger partial charge in [-0.15, -0.1) is 0 Å². The molecule has 4 heteroatoms. The molecule has 0 heterocycles. The Hall–Kier alpha value is -0.870. The van der Waals surface area contributed by atoms with E-state index in [0.717, 1.165) is 10.0 Å². The lowest BCUT2D eigenvalue weighted by atomic mass is 9.74. The molecule has 0 aliphatic carbocycles. The Labute approximate surface area is 123 Å². The van der Waals surface area contributed by atoms with Gasteiger partial charge in [-0.2, -0.15) is 0 Å². The molecular weight excluding hydrogens is 308 g/mol. The average Bonchev–Trinajstić information content (AvgIpc) is 2.38. The molecule has 106 valence electrons. The van der Waals surface area contributed by atoms with Crippen LogP contribution in [-0.4, -0.2) is 18.2 Å². The van der Waals surface area contributed by atoms with E-state index in [9.17, 15) is 9.90 Å². The number of esters is 1. The molecule has 1 rings (SSSR count). The summed E-state index contributed by atoms with van der Waals surface area (Å²) in [5, 5.41) is 11.0. The minimum absolute atomic E-state index is 0.0129. The Morgan fingerprint density at radius 2 is 1.89 bits per heavy atom. The second-order valence-electron chi connectivity index (χ2n) is 5.03. The third-order valence-electron chi connectivity index (χ3n) is 3.52. The van der Waals surface area contributed by atoms with Crippen molar-refractivity contribution >= 4 is 21.9 Å². The van der Waals surface area contributed by atoms with Gasteiger partial charge in [0.1, 0.15) is 5.60 Å². The number of hydrogen-bond acceptors (Lipinski definition) is 3. The highest BCUT2D eigenvalue weighted by Crippen LogP contribution is 2.38. The second kappa shape index (κ2) is 6.53. The molecule has 0 fully saturated rings. The third-order valence-corrected chi connectivity index (χ3v) is 4.05. The van der Waals surface area contributed by atoms with E-state index in [0.29, 0.717) is 6.42 Å². The smallest absolute Gasteiger partial charge is 0.312 e. The fourth-order valence-corrected chi connectivity index (χ4v) is 2.75. The summed E-state index contributed by atoms with van der Waals surface area (Å²) >= 11 is 3.37. The van der Waals surface area contributed by atoms with Crippen LogP contribution in [0.15, 0.2) is 28.7 Å². The highest BCUT2D eigenvalue weighted by atomic mass is 79.9. The first kappa shape index (κ1) is 16.2. The molecule has 2 unspecified atom stereocenters. The summed E-state index contributed by atoms with van der Waals surface area (Å²) in [7, 11) is 1.36. The lowest BCUT2D eigenvalue weighted by Crippen LogP contribution is -2.43. The predicted molar refractivity (Wildman–Crippen MR) is 78.7 cm³/mol. The van der Waals surface area contributed by atoms with Crippen LogP contribution in [0.3, 0.4) is 0 Å². The van der Waals surface area contributed by atoms with Gasteiger partial charge >= 0.3 is 5.97 Å². The Balaban J connectivity index is 3.26. The monoisotopic (exact) mass is 328 g/mol. The minimum atomic E-state index is -1.21. The number of ether oxygens (including phenoxy) is 1. The molecule has 1 aromatic rings. The molecule has 0 spiro atoms. The van der Waals surface area contributed by atoms with Crippen molar-refractivity contribution in [2.45, 2.75) is 32.8 Å². The number of carbonyl (C=O) groups excluding carboxylic acids is 1. The molecule has 0 saturated carbocycles. The highest BCUT2D eigenvalue weighted by molar-refractivity contribution is 9.10. The van der Waals surface area contributed by atoms with Crippen LogP contribution in [0.4, 0.5) is 0 Å². The molecule has 3 nitrogen and oxygen atoms in total. The Bertz CT molecular complexity index is 428. The predicted octanol–water partition coefficient (Wildman–Crippen LogP) is 3.49. The molecule has 2 atom stereocenters. The zero-order chi connectivity index (χ0) is 14.6. The molecule has 1 N–H and O–H groups in total. The number of hydrogen-bond donors (Lipinski definition) is 1. The molecule has 0 bridgehead atoms. The zero-order valence-corrected chi connectivity index (χ0v) is 13.4. The summed E-state index contributed by atoms with van der Waals surface area (Å²) in [5.41, 5.74) is -0.468. The number of aliphatic hydroxyl groups is 1. The number of methoxy groups -OCH3 is 1. The molecular formula is C15H21BrO3. The number of halogens is 1. The van der Waals surface area contributed by atoms with Gasteiger partial charge in [-0.05, 0) is 30.0 Å². The van der Waals surface area contributed by atoms with E-state index in [2.05, 4.69) is 15.9 Å². The quantitative estimate of drug-likeness (QED) is 0.841. The molecule has 0 aliphatic heterocycles. The van der Waals surface area contributed by atoms with Crippen molar-refractivity contribution in [2.75, 3.05) is 7.11 Å². The van der Waals surface area contributed by atoms with Gasteiger partial charge in [0.15, 0.2) is 0 Å². The number of rotatable bonds is 5. The van der Waals surface area contributed by atoms with E-state index in [1.54, 1.807) is 0 Å². The summed E-state index contributed by atoms with van der Waals surface area (Å²) < 4.78 is 5.80. The molecule has 0 radical (unpaired) electrons. The van der Waals surface area contributed by atoms with E-state index >= 15 is 0 Å². The summed E-state index contributed by atoms with van der Waals surface area (Å²) in [5.74, 6) is -0.966. The number of carbonyl (C=O) groups is 1. The zero-order valence-electron chi connectivity index (χ0n) is 11.8. The van der Waals surface area contributed by atoms with E-state index in [-0.39, 0.29) is 11.9 Å². The van der Waals surface area contributed by atoms with Crippen LogP contribution in [-0.2, 0) is 15.1 Å². The van der Waals surface area contributed by atoms with Crippen LogP contribution in [0.5, 0.6) is 0 Å². The van der Waals surface area contributed by atoms with Crippen LogP contribution < -0.4 is 0 Å². The third kappa shape index (κ3) is 3.37. The SMILES string of the molecule is CCC(O)(c1ccc(Br)cc1)C(C(=O)OC)C(C)C. The maximum absolute atomic E-state index is 12.0. The fraction of sp³-hybridized carbons (Fsp3) is 0.533. The maximum Gasteiger partial charge on any atom is 0.312 e. The lowest BCUT2D eigenvalue weighted by Gasteiger charge is -2.36. The van der Waals surface area contributed by atoms with Crippen molar-refractivity contribution < 1.29 is 14.6 Å². The van der Waals surface area contributed by atoms with Crippen LogP contribution in [0.2, 0.25) is 0 Å². The van der Waals surface area contributed by atoms with Gasteiger partial charge in [-0.1, -0.05) is 48.8 Å². The van der Waals surface area contributed by atoms with Gasteiger partial charge in [0.05, 0.1) is 13.0 Å². The first-order chi connectivity index (χ1) is 8.86. The van der Waals surface area contributed by atoms with Crippen LogP contribution in [0, 0.1) is 11.8 Å². The van der Waals surface area contributed by atoms with E-state index in [1.807, 2.05) is 45.0 Å². The molecule has 19 heavy (non-hydrogen) atoms. The first-order valence-electron chi connectivity index (χ1n) is 6.43. The summed E-state index contributed by atoms with van der Waals surface area (Å²) in [4.78, 5) is 12.0. The lowest BCUT2D eigenvalue weighted by molar-refractivity contribution is -0.161. The summed E-state index contributed by atoms with van der Waals surface area (Å²) in [6.07, 6.45) is 0.451. The maximum atomic E-state index is 12.0. The van der Waals surface area contributed by atoms with Gasteiger partial charge in [-0.3, -0.25) is 4.79 Å². The fourth-order valence-electron chi connectivity index (χ4n) is 2.49. The van der Waals surface area contributed by atoms with Crippen LogP contribution in [0.25, 0.3) is 0 Å². The van der Waals surface area contributed by atoms with Crippen molar-refractivity contribution in [3.63, 3.8) is 0 Å². The van der Waals surface area contributed by atoms with E-state index < -0.39 is 11.5 Å².